The Morgan fingerprint density at radius 3 is 2.53 bits per heavy atom. The van der Waals surface area contributed by atoms with Gasteiger partial charge in [-0.05, 0) is 31.9 Å². The van der Waals surface area contributed by atoms with E-state index in [1.54, 1.807) is 0 Å². The summed E-state index contributed by atoms with van der Waals surface area (Å²) < 4.78 is 2.26. The average Bonchev–Trinajstić information content (AvgIpc) is 2.44. The number of aromatic nitrogens is 1. The van der Waals surface area contributed by atoms with E-state index in [9.17, 15) is 0 Å². The maximum absolute atomic E-state index is 4.04. The topological polar surface area (TPSA) is 4.93 Å². The lowest BCUT2D eigenvalue weighted by molar-refractivity contribution is 0.909. The van der Waals surface area contributed by atoms with Crippen LogP contribution in [-0.2, 0) is 7.05 Å². The van der Waals surface area contributed by atoms with E-state index in [1.165, 1.54) is 27.7 Å². The number of rotatable bonds is 1. The summed E-state index contributed by atoms with van der Waals surface area (Å²) in [4.78, 5) is 0. The van der Waals surface area contributed by atoms with Gasteiger partial charge in [0.15, 0.2) is 0 Å². The second-order valence-electron chi connectivity index (χ2n) is 4.25. The van der Waals surface area contributed by atoms with Crippen molar-refractivity contribution in [1.82, 2.24) is 4.57 Å². The Hall–Kier alpha value is -1.50. The predicted molar refractivity (Wildman–Crippen MR) is 67.1 cm³/mol. The highest BCUT2D eigenvalue weighted by molar-refractivity contribution is 5.94. The molecule has 1 nitrogen and oxygen atoms in total. The summed E-state index contributed by atoms with van der Waals surface area (Å²) in [7, 11) is 2.12. The Kier molecular flexibility index (Phi) is 2.18. The summed E-state index contributed by atoms with van der Waals surface area (Å²) >= 11 is 0. The van der Waals surface area contributed by atoms with Crippen molar-refractivity contribution in [2.45, 2.75) is 20.8 Å². The summed E-state index contributed by atoms with van der Waals surface area (Å²) in [5, 5.41) is 1.34. The first-order chi connectivity index (χ1) is 7.04. The van der Waals surface area contributed by atoms with Crippen LogP contribution in [0, 0.1) is 13.8 Å². The first kappa shape index (κ1) is 10.0. The van der Waals surface area contributed by atoms with Crippen LogP contribution in [0.3, 0.4) is 0 Å². The molecule has 2 rings (SSSR count). The van der Waals surface area contributed by atoms with Crippen LogP contribution in [0.4, 0.5) is 0 Å². The van der Waals surface area contributed by atoms with Crippen molar-refractivity contribution >= 4 is 16.5 Å². The van der Waals surface area contributed by atoms with Gasteiger partial charge in [-0.25, -0.2) is 0 Å². The van der Waals surface area contributed by atoms with E-state index in [0.717, 1.165) is 5.57 Å². The highest BCUT2D eigenvalue weighted by Crippen LogP contribution is 2.29. The second kappa shape index (κ2) is 3.27. The second-order valence-corrected chi connectivity index (χ2v) is 4.25. The van der Waals surface area contributed by atoms with Gasteiger partial charge in [-0.1, -0.05) is 24.8 Å². The van der Waals surface area contributed by atoms with Crippen molar-refractivity contribution < 1.29 is 0 Å². The third-order valence-electron chi connectivity index (χ3n) is 3.28. The Bertz CT molecular complexity index is 544. The van der Waals surface area contributed by atoms with Crippen molar-refractivity contribution in [3.63, 3.8) is 0 Å². The minimum Gasteiger partial charge on any atom is -0.347 e. The van der Waals surface area contributed by atoms with Crippen LogP contribution >= 0.6 is 0 Å². The molecule has 1 aromatic carbocycles. The van der Waals surface area contributed by atoms with Gasteiger partial charge >= 0.3 is 0 Å². The van der Waals surface area contributed by atoms with Gasteiger partial charge in [0.25, 0.3) is 0 Å². The summed E-state index contributed by atoms with van der Waals surface area (Å²) in [6.07, 6.45) is 0. The number of aryl methyl sites for hydroxylation is 2. The number of allylic oxidation sites excluding steroid dienone is 1. The molecule has 0 N–H and O–H groups in total. The molecule has 0 bridgehead atoms. The number of benzene rings is 1. The number of hydrogen-bond acceptors (Lipinski definition) is 0. The van der Waals surface area contributed by atoms with Crippen LogP contribution in [0.2, 0.25) is 0 Å². The number of hydrogen-bond donors (Lipinski definition) is 0. The molecule has 0 aliphatic heterocycles. The van der Waals surface area contributed by atoms with Gasteiger partial charge < -0.3 is 4.57 Å². The first-order valence-corrected chi connectivity index (χ1v) is 5.24. The molecule has 0 unspecified atom stereocenters. The van der Waals surface area contributed by atoms with E-state index >= 15 is 0 Å². The lowest BCUT2D eigenvalue weighted by Gasteiger charge is -2.05. The molecular formula is C14H17N. The van der Waals surface area contributed by atoms with Crippen LogP contribution in [0.5, 0.6) is 0 Å². The minimum absolute atomic E-state index is 1.13. The van der Waals surface area contributed by atoms with Gasteiger partial charge in [-0.15, -0.1) is 0 Å². The third kappa shape index (κ3) is 1.30. The Labute approximate surface area is 91.0 Å². The molecule has 0 fully saturated rings. The molecule has 0 saturated carbocycles. The molecule has 0 amide bonds. The van der Waals surface area contributed by atoms with Gasteiger partial charge in [0.1, 0.15) is 0 Å². The summed E-state index contributed by atoms with van der Waals surface area (Å²) in [5.41, 5.74) is 6.39. The zero-order valence-corrected chi connectivity index (χ0v) is 9.89. The van der Waals surface area contributed by atoms with E-state index in [-0.39, 0.29) is 0 Å². The number of para-hydroxylation sites is 1. The maximum atomic E-state index is 4.04. The van der Waals surface area contributed by atoms with E-state index < -0.39 is 0 Å². The lowest BCUT2D eigenvalue weighted by Crippen LogP contribution is -1.93. The molecule has 1 heteroatoms. The standard InChI is InChI=1S/C14H17N/c1-9(2)12-7-6-8-13-10(3)11(4)15(5)14(12)13/h6-8H,1H2,2-5H3. The van der Waals surface area contributed by atoms with Crippen molar-refractivity contribution in [1.29, 1.82) is 0 Å². The third-order valence-corrected chi connectivity index (χ3v) is 3.28. The average molecular weight is 199 g/mol. The van der Waals surface area contributed by atoms with Crippen LogP contribution < -0.4 is 0 Å². The Morgan fingerprint density at radius 2 is 1.93 bits per heavy atom. The van der Waals surface area contributed by atoms with Gasteiger partial charge in [-0.3, -0.25) is 0 Å². The molecule has 2 aromatic rings. The van der Waals surface area contributed by atoms with Crippen LogP contribution in [0.25, 0.3) is 16.5 Å². The monoisotopic (exact) mass is 199 g/mol. The summed E-state index contributed by atoms with van der Waals surface area (Å²) in [5.74, 6) is 0. The van der Waals surface area contributed by atoms with E-state index in [0.29, 0.717) is 0 Å². The van der Waals surface area contributed by atoms with Crippen molar-refractivity contribution in [3.8, 4) is 0 Å². The molecule has 78 valence electrons. The molecule has 0 aliphatic rings. The van der Waals surface area contributed by atoms with Crippen LogP contribution in [0.1, 0.15) is 23.7 Å². The molecule has 0 radical (unpaired) electrons. The zero-order chi connectivity index (χ0) is 11.2. The minimum atomic E-state index is 1.13. The molecule has 0 saturated heterocycles. The van der Waals surface area contributed by atoms with Crippen LogP contribution in [-0.4, -0.2) is 4.57 Å². The normalized spacial score (nSPS) is 10.9. The van der Waals surface area contributed by atoms with E-state index in [1.807, 2.05) is 0 Å². The molecular weight excluding hydrogens is 182 g/mol. The fourth-order valence-electron chi connectivity index (χ4n) is 2.17. The zero-order valence-electron chi connectivity index (χ0n) is 9.89. The highest BCUT2D eigenvalue weighted by atomic mass is 14.9. The Balaban J connectivity index is 2.98. The lowest BCUT2D eigenvalue weighted by atomic mass is 10.0. The highest BCUT2D eigenvalue weighted by Gasteiger charge is 2.11. The van der Waals surface area contributed by atoms with Crippen molar-refractivity contribution in [3.05, 3.63) is 41.6 Å². The first-order valence-electron chi connectivity index (χ1n) is 5.24. The molecule has 0 aliphatic carbocycles. The molecule has 0 atom stereocenters. The molecule has 15 heavy (non-hydrogen) atoms. The quantitative estimate of drug-likeness (QED) is 0.658. The van der Waals surface area contributed by atoms with Crippen molar-refractivity contribution in [2.75, 3.05) is 0 Å². The largest absolute Gasteiger partial charge is 0.347 e. The smallest absolute Gasteiger partial charge is 0.0558 e. The van der Waals surface area contributed by atoms with Gasteiger partial charge in [0, 0.05) is 23.7 Å². The summed E-state index contributed by atoms with van der Waals surface area (Å²) in [6, 6.07) is 6.44. The van der Waals surface area contributed by atoms with E-state index in [4.69, 9.17) is 0 Å². The fraction of sp³-hybridized carbons (Fsp3) is 0.286. The SMILES string of the molecule is C=C(C)c1cccc2c(C)c(C)n(C)c12. The number of fused-ring (bicyclic) bond motifs is 1. The van der Waals surface area contributed by atoms with Crippen molar-refractivity contribution in [2.24, 2.45) is 7.05 Å². The number of nitrogens with zero attached hydrogens (tertiary/aromatic N) is 1. The van der Waals surface area contributed by atoms with Gasteiger partial charge in [0.2, 0.25) is 0 Å². The van der Waals surface area contributed by atoms with Gasteiger partial charge in [0.05, 0.1) is 5.52 Å². The Morgan fingerprint density at radius 1 is 1.27 bits per heavy atom. The molecule has 1 aromatic heterocycles. The van der Waals surface area contributed by atoms with E-state index in [2.05, 4.69) is 57.2 Å². The summed E-state index contributed by atoms with van der Waals surface area (Å²) in [6.45, 7) is 10.4. The van der Waals surface area contributed by atoms with Gasteiger partial charge in [-0.2, -0.15) is 0 Å². The molecule has 1 heterocycles. The fourth-order valence-corrected chi connectivity index (χ4v) is 2.17. The van der Waals surface area contributed by atoms with Crippen LogP contribution in [0.15, 0.2) is 24.8 Å². The maximum Gasteiger partial charge on any atom is 0.0558 e. The molecule has 0 spiro atoms. The predicted octanol–water partition coefficient (Wildman–Crippen LogP) is 3.83.